The van der Waals surface area contributed by atoms with Gasteiger partial charge >= 0.3 is 0 Å². The molecule has 0 spiro atoms. The first kappa shape index (κ1) is 36.7. The van der Waals surface area contributed by atoms with Crippen molar-refractivity contribution < 1.29 is 39.4 Å². The highest BCUT2D eigenvalue weighted by Gasteiger charge is 2.21. The number of para-hydroxylation sites is 4. The largest absolute Gasteiger partial charge is 0.491 e. The Kier molecular flexibility index (Phi) is 16.0. The third-order valence-electron chi connectivity index (χ3n) is 7.35. The zero-order chi connectivity index (χ0) is 33.8. The smallest absolute Gasteiger partial charge is 0.119 e. The number of aliphatic hydroxyl groups excluding tert-OH is 4. The normalized spacial score (nSPS) is 13.9. The van der Waals surface area contributed by atoms with Gasteiger partial charge in [-0.25, -0.2) is 0 Å². The van der Waals surface area contributed by atoms with E-state index in [1.54, 1.807) is 0 Å². The van der Waals surface area contributed by atoms with Crippen LogP contribution in [0.4, 0.5) is 0 Å². The molecule has 48 heavy (non-hydrogen) atoms. The molecule has 0 amide bonds. The standard InChI is InChI=1S/C38H48N2O8/c41-31(27-45-35-13-5-1-6-14-35)23-39(24-32(42)28-46-36-15-7-2-8-16-36)21-22-40(25-33(43)29-47-37-17-9-3-10-18-37)26-34(44)30-48-38-19-11-4-12-20-38/h1-20,31-34,41-44H,21-30H2/t31-,32-,33-,34+/m0/s1. The Morgan fingerprint density at radius 1 is 0.354 bits per heavy atom. The van der Waals surface area contributed by atoms with Crippen molar-refractivity contribution >= 4 is 0 Å². The van der Waals surface area contributed by atoms with Crippen molar-refractivity contribution in [1.29, 1.82) is 0 Å². The van der Waals surface area contributed by atoms with Crippen molar-refractivity contribution in [2.45, 2.75) is 24.4 Å². The molecule has 0 aliphatic heterocycles. The molecular formula is C38H48N2O8. The van der Waals surface area contributed by atoms with Crippen LogP contribution >= 0.6 is 0 Å². The Hall–Kier alpha value is -4.16. The molecule has 4 aromatic carbocycles. The number of ether oxygens (including phenoxy) is 4. The highest BCUT2D eigenvalue weighted by molar-refractivity contribution is 5.23. The Morgan fingerprint density at radius 3 is 0.771 bits per heavy atom. The Balaban J connectivity index is 1.37. The van der Waals surface area contributed by atoms with Gasteiger partial charge in [-0.1, -0.05) is 72.8 Å². The third kappa shape index (κ3) is 14.7. The van der Waals surface area contributed by atoms with E-state index in [-0.39, 0.29) is 52.6 Å². The van der Waals surface area contributed by atoms with Crippen LogP contribution in [0.1, 0.15) is 0 Å². The molecule has 10 nitrogen and oxygen atoms in total. The number of hydrogen-bond acceptors (Lipinski definition) is 10. The predicted molar refractivity (Wildman–Crippen MR) is 185 cm³/mol. The van der Waals surface area contributed by atoms with E-state index >= 15 is 0 Å². The van der Waals surface area contributed by atoms with Gasteiger partial charge in [0.2, 0.25) is 0 Å². The van der Waals surface area contributed by atoms with E-state index in [1.165, 1.54) is 0 Å². The van der Waals surface area contributed by atoms with Gasteiger partial charge < -0.3 is 39.4 Å². The molecule has 4 N–H and O–H groups in total. The number of benzene rings is 4. The van der Waals surface area contributed by atoms with Gasteiger partial charge in [0.1, 0.15) is 73.8 Å². The average Bonchev–Trinajstić information content (AvgIpc) is 3.12. The Bertz CT molecular complexity index is 1160. The van der Waals surface area contributed by atoms with E-state index in [1.807, 2.05) is 131 Å². The van der Waals surface area contributed by atoms with E-state index < -0.39 is 24.4 Å². The molecule has 0 aliphatic rings. The first-order valence-electron chi connectivity index (χ1n) is 16.3. The van der Waals surface area contributed by atoms with Crippen LogP contribution in [0.5, 0.6) is 23.0 Å². The molecule has 0 aromatic heterocycles. The molecule has 4 atom stereocenters. The van der Waals surface area contributed by atoms with Crippen LogP contribution in [0.3, 0.4) is 0 Å². The summed E-state index contributed by atoms with van der Waals surface area (Å²) in [6, 6.07) is 37.1. The van der Waals surface area contributed by atoms with Crippen molar-refractivity contribution in [3.05, 3.63) is 121 Å². The van der Waals surface area contributed by atoms with Crippen molar-refractivity contribution in [2.24, 2.45) is 0 Å². The van der Waals surface area contributed by atoms with Crippen LogP contribution in [0.2, 0.25) is 0 Å². The second-order valence-electron chi connectivity index (χ2n) is 11.6. The van der Waals surface area contributed by atoms with Crippen molar-refractivity contribution in [3.8, 4) is 23.0 Å². The molecule has 10 heteroatoms. The van der Waals surface area contributed by atoms with Gasteiger partial charge in [0.25, 0.3) is 0 Å². The van der Waals surface area contributed by atoms with Crippen LogP contribution in [0, 0.1) is 0 Å². The summed E-state index contributed by atoms with van der Waals surface area (Å²) in [6.45, 7) is 2.04. The lowest BCUT2D eigenvalue weighted by molar-refractivity contribution is 0.0108. The van der Waals surface area contributed by atoms with Crippen molar-refractivity contribution in [3.63, 3.8) is 0 Å². The predicted octanol–water partition coefficient (Wildman–Crippen LogP) is 3.35. The topological polar surface area (TPSA) is 124 Å². The summed E-state index contributed by atoms with van der Waals surface area (Å²) in [7, 11) is 0. The summed E-state index contributed by atoms with van der Waals surface area (Å²) >= 11 is 0. The lowest BCUT2D eigenvalue weighted by atomic mass is 10.2. The summed E-state index contributed by atoms with van der Waals surface area (Å²) in [5.41, 5.74) is 0. The van der Waals surface area contributed by atoms with Gasteiger partial charge in [-0.2, -0.15) is 0 Å². The Labute approximate surface area is 283 Å². The second kappa shape index (κ2) is 20.9. The molecule has 0 saturated carbocycles. The molecular weight excluding hydrogens is 612 g/mol. The zero-order valence-electron chi connectivity index (χ0n) is 27.2. The van der Waals surface area contributed by atoms with E-state index in [0.29, 0.717) is 36.1 Å². The minimum atomic E-state index is -0.837. The van der Waals surface area contributed by atoms with E-state index in [0.717, 1.165) is 0 Å². The molecule has 0 unspecified atom stereocenters. The van der Waals surface area contributed by atoms with E-state index in [4.69, 9.17) is 18.9 Å². The van der Waals surface area contributed by atoms with Crippen LogP contribution in [0.25, 0.3) is 0 Å². The van der Waals surface area contributed by atoms with E-state index in [9.17, 15) is 20.4 Å². The maximum atomic E-state index is 10.9. The third-order valence-corrected chi connectivity index (χ3v) is 7.35. The SMILES string of the molecule is O[C@H](COc1ccccc1)CN(CCN(C[C@H](O)COc1ccccc1)C[C@@H](O)COc1ccccc1)C[C@H](O)COc1ccccc1. The zero-order valence-corrected chi connectivity index (χ0v) is 27.2. The minimum Gasteiger partial charge on any atom is -0.491 e. The molecule has 0 heterocycles. The average molecular weight is 661 g/mol. The fourth-order valence-corrected chi connectivity index (χ4v) is 5.04. The summed E-state index contributed by atoms with van der Waals surface area (Å²) < 4.78 is 23.1. The van der Waals surface area contributed by atoms with Gasteiger partial charge in [-0.3, -0.25) is 9.80 Å². The van der Waals surface area contributed by atoms with Crippen molar-refractivity contribution in [2.75, 3.05) is 65.7 Å². The highest BCUT2D eigenvalue weighted by atomic mass is 16.5. The maximum absolute atomic E-state index is 10.9. The van der Waals surface area contributed by atoms with Gasteiger partial charge in [0, 0.05) is 39.3 Å². The fraction of sp³-hybridized carbons (Fsp3) is 0.368. The first-order valence-corrected chi connectivity index (χ1v) is 16.3. The number of rotatable bonds is 23. The van der Waals surface area contributed by atoms with Crippen LogP contribution in [-0.4, -0.2) is 120 Å². The summed E-state index contributed by atoms with van der Waals surface area (Å²) in [4.78, 5) is 3.87. The molecule has 0 aliphatic carbocycles. The number of hydrogen-bond donors (Lipinski definition) is 4. The molecule has 4 rings (SSSR count). The lowest BCUT2D eigenvalue weighted by Crippen LogP contribution is -2.48. The number of nitrogens with zero attached hydrogens (tertiary/aromatic N) is 2. The molecule has 0 fully saturated rings. The highest BCUT2D eigenvalue weighted by Crippen LogP contribution is 2.13. The van der Waals surface area contributed by atoms with Crippen LogP contribution in [0.15, 0.2) is 121 Å². The van der Waals surface area contributed by atoms with E-state index in [2.05, 4.69) is 0 Å². The van der Waals surface area contributed by atoms with Gasteiger partial charge in [-0.05, 0) is 48.5 Å². The van der Waals surface area contributed by atoms with Crippen LogP contribution in [-0.2, 0) is 0 Å². The monoisotopic (exact) mass is 660 g/mol. The minimum absolute atomic E-state index is 0.0753. The molecule has 0 saturated heterocycles. The summed E-state index contributed by atoms with van der Waals surface area (Å²) in [6.07, 6.45) is -3.35. The van der Waals surface area contributed by atoms with Crippen LogP contribution < -0.4 is 18.9 Å². The Morgan fingerprint density at radius 2 is 0.562 bits per heavy atom. The number of aliphatic hydroxyl groups is 4. The second-order valence-corrected chi connectivity index (χ2v) is 11.6. The summed E-state index contributed by atoms with van der Waals surface area (Å²) in [5.74, 6) is 2.63. The lowest BCUT2D eigenvalue weighted by Gasteiger charge is -2.32. The van der Waals surface area contributed by atoms with Gasteiger partial charge in [0.15, 0.2) is 0 Å². The molecule has 0 bridgehead atoms. The van der Waals surface area contributed by atoms with Crippen molar-refractivity contribution in [1.82, 2.24) is 9.80 Å². The first-order chi connectivity index (χ1) is 23.4. The maximum Gasteiger partial charge on any atom is 0.119 e. The molecule has 0 radical (unpaired) electrons. The fourth-order valence-electron chi connectivity index (χ4n) is 5.04. The molecule has 4 aromatic rings. The van der Waals surface area contributed by atoms with Gasteiger partial charge in [-0.15, -0.1) is 0 Å². The quantitative estimate of drug-likeness (QED) is 0.0942. The summed E-state index contributed by atoms with van der Waals surface area (Å²) in [5, 5.41) is 43.6. The molecule has 258 valence electrons. The van der Waals surface area contributed by atoms with Gasteiger partial charge in [0.05, 0.1) is 0 Å².